The van der Waals surface area contributed by atoms with Crippen molar-refractivity contribution in [2.75, 3.05) is 20.3 Å². The minimum Gasteiger partial charge on any atom is -0.296 e. The molecule has 0 amide bonds. The Morgan fingerprint density at radius 2 is 2.55 bits per heavy atom. The summed E-state index contributed by atoms with van der Waals surface area (Å²) in [5.74, 6) is 0.765. The summed E-state index contributed by atoms with van der Waals surface area (Å²) in [7, 11) is 1.84. The third kappa shape index (κ3) is 2.63. The maximum Gasteiger partial charge on any atom is 0.138 e. The molecule has 0 saturated carbocycles. The normalized spacial score (nSPS) is 10.8. The smallest absolute Gasteiger partial charge is 0.138 e. The Morgan fingerprint density at radius 1 is 1.73 bits per heavy atom. The van der Waals surface area contributed by atoms with Gasteiger partial charge in [0.25, 0.3) is 0 Å². The van der Waals surface area contributed by atoms with E-state index >= 15 is 0 Å². The number of aromatic amines is 1. The van der Waals surface area contributed by atoms with Gasteiger partial charge >= 0.3 is 0 Å². The van der Waals surface area contributed by atoms with E-state index in [4.69, 9.17) is 0 Å². The van der Waals surface area contributed by atoms with Crippen LogP contribution in [0, 0.1) is 0 Å². The fraction of sp³-hybridized carbons (Fsp3) is 0.667. The third-order valence-corrected chi connectivity index (χ3v) is 1.35. The van der Waals surface area contributed by atoms with Crippen molar-refractivity contribution in [3.05, 3.63) is 12.2 Å². The van der Waals surface area contributed by atoms with Crippen LogP contribution >= 0.6 is 0 Å². The lowest BCUT2D eigenvalue weighted by atomic mass is 10.5. The molecule has 1 heterocycles. The van der Waals surface area contributed by atoms with E-state index in [0.717, 1.165) is 5.82 Å². The summed E-state index contributed by atoms with van der Waals surface area (Å²) in [5.41, 5.74) is 0. The molecule has 1 aromatic heterocycles. The van der Waals surface area contributed by atoms with E-state index in [9.17, 15) is 4.39 Å². The summed E-state index contributed by atoms with van der Waals surface area (Å²) in [6, 6.07) is 0. The highest BCUT2D eigenvalue weighted by atomic mass is 19.1. The van der Waals surface area contributed by atoms with Crippen LogP contribution in [0.1, 0.15) is 5.82 Å². The zero-order valence-corrected chi connectivity index (χ0v) is 6.42. The molecule has 0 bridgehead atoms. The van der Waals surface area contributed by atoms with Crippen molar-refractivity contribution in [2.45, 2.75) is 6.54 Å². The van der Waals surface area contributed by atoms with Gasteiger partial charge in [0.1, 0.15) is 18.8 Å². The van der Waals surface area contributed by atoms with E-state index in [-0.39, 0.29) is 6.67 Å². The molecule has 11 heavy (non-hydrogen) atoms. The molecule has 5 heteroatoms. The molecule has 0 radical (unpaired) electrons. The maximum atomic E-state index is 11.8. The van der Waals surface area contributed by atoms with Crippen LogP contribution in [-0.4, -0.2) is 40.3 Å². The average molecular weight is 158 g/mol. The molecule has 4 nitrogen and oxygen atoms in total. The van der Waals surface area contributed by atoms with Gasteiger partial charge in [-0.1, -0.05) is 0 Å². The minimum atomic E-state index is -0.329. The van der Waals surface area contributed by atoms with Crippen LogP contribution in [0.3, 0.4) is 0 Å². The predicted octanol–water partition coefficient (Wildman–Crippen LogP) is 0.206. The van der Waals surface area contributed by atoms with Crippen molar-refractivity contribution in [1.82, 2.24) is 20.1 Å². The molecule has 0 aromatic carbocycles. The molecule has 0 aliphatic carbocycles. The monoisotopic (exact) mass is 158 g/mol. The largest absolute Gasteiger partial charge is 0.296 e. The highest BCUT2D eigenvalue weighted by Crippen LogP contribution is 1.92. The van der Waals surface area contributed by atoms with Crippen molar-refractivity contribution in [1.29, 1.82) is 0 Å². The van der Waals surface area contributed by atoms with Gasteiger partial charge in [0.15, 0.2) is 0 Å². The molecule has 0 atom stereocenters. The van der Waals surface area contributed by atoms with Gasteiger partial charge in [-0.15, -0.1) is 0 Å². The molecule has 0 aliphatic heterocycles. The fourth-order valence-corrected chi connectivity index (χ4v) is 0.786. The van der Waals surface area contributed by atoms with Crippen LogP contribution in [0.4, 0.5) is 4.39 Å². The van der Waals surface area contributed by atoms with Gasteiger partial charge in [0, 0.05) is 6.54 Å². The van der Waals surface area contributed by atoms with Crippen LogP contribution in [0.15, 0.2) is 6.33 Å². The Kier molecular flexibility index (Phi) is 2.97. The minimum absolute atomic E-state index is 0.329. The topological polar surface area (TPSA) is 44.8 Å². The van der Waals surface area contributed by atoms with E-state index in [0.29, 0.717) is 13.1 Å². The molecule has 1 aromatic rings. The van der Waals surface area contributed by atoms with Crippen molar-refractivity contribution in [3.63, 3.8) is 0 Å². The second kappa shape index (κ2) is 4.02. The van der Waals surface area contributed by atoms with E-state index in [1.54, 1.807) is 0 Å². The number of hydrogen-bond donors (Lipinski definition) is 1. The van der Waals surface area contributed by atoms with Gasteiger partial charge in [-0.05, 0) is 7.05 Å². The summed E-state index contributed by atoms with van der Waals surface area (Å²) >= 11 is 0. The molecule has 0 spiro atoms. The van der Waals surface area contributed by atoms with Gasteiger partial charge in [-0.3, -0.25) is 10.00 Å². The number of hydrogen-bond acceptors (Lipinski definition) is 3. The number of aromatic nitrogens is 3. The molecule has 1 rings (SSSR count). The van der Waals surface area contributed by atoms with Gasteiger partial charge in [0.05, 0.1) is 6.54 Å². The molecular formula is C6H11FN4. The summed E-state index contributed by atoms with van der Waals surface area (Å²) in [5, 5.41) is 6.38. The Balaban J connectivity index is 2.31. The fourth-order valence-electron chi connectivity index (χ4n) is 0.786. The Bertz CT molecular complexity index is 186. The second-order valence-corrected chi connectivity index (χ2v) is 2.36. The summed E-state index contributed by atoms with van der Waals surface area (Å²) in [6.45, 7) is 0.718. The lowest BCUT2D eigenvalue weighted by Crippen LogP contribution is -2.20. The predicted molar refractivity (Wildman–Crippen MR) is 38.7 cm³/mol. The number of rotatable bonds is 4. The maximum absolute atomic E-state index is 11.8. The summed E-state index contributed by atoms with van der Waals surface area (Å²) in [6.07, 6.45) is 1.44. The number of H-pyrrole nitrogens is 1. The van der Waals surface area contributed by atoms with Crippen LogP contribution in [-0.2, 0) is 6.54 Å². The second-order valence-electron chi connectivity index (χ2n) is 2.36. The van der Waals surface area contributed by atoms with Gasteiger partial charge in [-0.2, -0.15) is 5.10 Å². The molecule has 0 fully saturated rings. The average Bonchev–Trinajstić information content (AvgIpc) is 2.40. The lowest BCUT2D eigenvalue weighted by Gasteiger charge is -2.11. The van der Waals surface area contributed by atoms with E-state index in [2.05, 4.69) is 15.2 Å². The zero-order chi connectivity index (χ0) is 8.10. The Morgan fingerprint density at radius 3 is 3.09 bits per heavy atom. The molecule has 1 N–H and O–H groups in total. The first-order chi connectivity index (χ1) is 5.33. The number of nitrogens with one attached hydrogen (secondary N) is 1. The van der Waals surface area contributed by atoms with Crippen LogP contribution in [0.2, 0.25) is 0 Å². The van der Waals surface area contributed by atoms with Crippen molar-refractivity contribution in [3.8, 4) is 0 Å². The van der Waals surface area contributed by atoms with Crippen LogP contribution < -0.4 is 0 Å². The Labute approximate surface area is 64.4 Å². The molecular weight excluding hydrogens is 147 g/mol. The van der Waals surface area contributed by atoms with Gasteiger partial charge in [0.2, 0.25) is 0 Å². The summed E-state index contributed by atoms with van der Waals surface area (Å²) in [4.78, 5) is 5.74. The van der Waals surface area contributed by atoms with Crippen LogP contribution in [0.25, 0.3) is 0 Å². The molecule has 0 unspecified atom stereocenters. The first-order valence-electron chi connectivity index (χ1n) is 3.41. The van der Waals surface area contributed by atoms with E-state index < -0.39 is 0 Å². The summed E-state index contributed by atoms with van der Waals surface area (Å²) < 4.78 is 11.8. The quantitative estimate of drug-likeness (QED) is 0.681. The SMILES string of the molecule is CN(CCF)Cc1ncn[nH]1. The lowest BCUT2D eigenvalue weighted by molar-refractivity contribution is 0.283. The van der Waals surface area contributed by atoms with Crippen molar-refractivity contribution >= 4 is 0 Å². The highest BCUT2D eigenvalue weighted by molar-refractivity contribution is 4.78. The number of nitrogens with zero attached hydrogens (tertiary/aromatic N) is 3. The number of alkyl halides is 1. The zero-order valence-electron chi connectivity index (χ0n) is 6.42. The standard InChI is InChI=1S/C6H11FN4/c1-11(3-2-7)4-6-8-5-9-10-6/h5H,2-4H2,1H3,(H,8,9,10). The van der Waals surface area contributed by atoms with E-state index in [1.165, 1.54) is 6.33 Å². The molecule has 0 saturated heterocycles. The van der Waals surface area contributed by atoms with Gasteiger partial charge < -0.3 is 0 Å². The highest BCUT2D eigenvalue weighted by Gasteiger charge is 2.00. The van der Waals surface area contributed by atoms with Crippen LogP contribution in [0.5, 0.6) is 0 Å². The first-order valence-corrected chi connectivity index (χ1v) is 3.41. The molecule has 0 aliphatic rings. The number of halogens is 1. The van der Waals surface area contributed by atoms with Crippen molar-refractivity contribution in [2.24, 2.45) is 0 Å². The van der Waals surface area contributed by atoms with E-state index in [1.807, 2.05) is 11.9 Å². The molecule has 62 valence electrons. The van der Waals surface area contributed by atoms with Gasteiger partial charge in [-0.25, -0.2) is 9.37 Å². The third-order valence-electron chi connectivity index (χ3n) is 1.35. The Hall–Kier alpha value is -0.970. The first kappa shape index (κ1) is 8.13. The van der Waals surface area contributed by atoms with Crippen molar-refractivity contribution < 1.29 is 4.39 Å².